The van der Waals surface area contributed by atoms with Gasteiger partial charge in [-0.3, -0.25) is 19.4 Å². The lowest BCUT2D eigenvalue weighted by Crippen LogP contribution is -2.45. The SMILES string of the molecule is NC(=O)C1CCCN(C(=O)c2coc(CN3CCN(Cc4ccccc4)CC3)n2)C1. The van der Waals surface area contributed by atoms with Gasteiger partial charge in [-0.25, -0.2) is 4.98 Å². The Bertz CT molecular complexity index is 861. The number of hydrogen-bond donors (Lipinski definition) is 1. The zero-order valence-corrected chi connectivity index (χ0v) is 17.2. The van der Waals surface area contributed by atoms with Crippen LogP contribution in [0.2, 0.25) is 0 Å². The molecule has 2 N–H and O–H groups in total. The second-order valence-electron chi connectivity index (χ2n) is 8.16. The van der Waals surface area contributed by atoms with Crippen molar-refractivity contribution in [3.63, 3.8) is 0 Å². The van der Waals surface area contributed by atoms with Gasteiger partial charge in [0.05, 0.1) is 12.5 Å². The average Bonchev–Trinajstić information content (AvgIpc) is 3.24. The number of oxazole rings is 1. The molecular formula is C22H29N5O3. The van der Waals surface area contributed by atoms with Gasteiger partial charge in [-0.2, -0.15) is 0 Å². The van der Waals surface area contributed by atoms with Crippen LogP contribution < -0.4 is 5.73 Å². The van der Waals surface area contributed by atoms with Crippen LogP contribution in [0.3, 0.4) is 0 Å². The van der Waals surface area contributed by atoms with Gasteiger partial charge in [-0.1, -0.05) is 30.3 Å². The first-order valence-corrected chi connectivity index (χ1v) is 10.6. The molecule has 30 heavy (non-hydrogen) atoms. The Hall–Kier alpha value is -2.71. The molecule has 4 rings (SSSR count). The largest absolute Gasteiger partial charge is 0.447 e. The van der Waals surface area contributed by atoms with E-state index in [9.17, 15) is 9.59 Å². The minimum Gasteiger partial charge on any atom is -0.447 e. The third-order valence-corrected chi connectivity index (χ3v) is 5.95. The highest BCUT2D eigenvalue weighted by Crippen LogP contribution is 2.19. The highest BCUT2D eigenvalue weighted by Gasteiger charge is 2.29. The number of hydrogen-bond acceptors (Lipinski definition) is 6. The molecule has 1 aromatic heterocycles. The summed E-state index contributed by atoms with van der Waals surface area (Å²) in [5, 5.41) is 0. The maximum Gasteiger partial charge on any atom is 0.275 e. The number of amides is 2. The molecule has 2 aromatic rings. The van der Waals surface area contributed by atoms with Crippen molar-refractivity contribution in [1.29, 1.82) is 0 Å². The quantitative estimate of drug-likeness (QED) is 0.770. The Morgan fingerprint density at radius 3 is 2.43 bits per heavy atom. The third kappa shape index (κ3) is 5.06. The van der Waals surface area contributed by atoms with Crippen LogP contribution in [0.5, 0.6) is 0 Å². The number of benzene rings is 1. The standard InChI is InChI=1S/C22H29N5O3/c23-21(28)18-7-4-8-27(14-18)22(29)19-16-30-20(24-19)15-26-11-9-25(10-12-26)13-17-5-2-1-3-6-17/h1-3,5-6,16,18H,4,7-15H2,(H2,23,28). The summed E-state index contributed by atoms with van der Waals surface area (Å²) >= 11 is 0. The van der Waals surface area contributed by atoms with E-state index in [1.165, 1.54) is 11.8 Å². The molecule has 0 radical (unpaired) electrons. The van der Waals surface area contributed by atoms with E-state index in [0.717, 1.165) is 45.6 Å². The van der Waals surface area contributed by atoms with Crippen LogP contribution in [-0.4, -0.2) is 70.8 Å². The normalized spacial score (nSPS) is 20.9. The molecule has 0 aliphatic carbocycles. The van der Waals surface area contributed by atoms with Gasteiger partial charge in [0.15, 0.2) is 5.69 Å². The minimum atomic E-state index is -0.347. The molecule has 3 heterocycles. The van der Waals surface area contributed by atoms with Crippen molar-refractivity contribution in [2.45, 2.75) is 25.9 Å². The van der Waals surface area contributed by atoms with Crippen molar-refractivity contribution in [3.8, 4) is 0 Å². The number of carbonyl (C=O) groups is 2. The van der Waals surface area contributed by atoms with Crippen LogP contribution in [0, 0.1) is 5.92 Å². The molecule has 8 nitrogen and oxygen atoms in total. The molecule has 0 bridgehead atoms. The number of nitrogens with zero attached hydrogens (tertiary/aromatic N) is 4. The Kier molecular flexibility index (Phi) is 6.44. The molecule has 2 saturated heterocycles. The molecule has 0 saturated carbocycles. The van der Waals surface area contributed by atoms with Crippen LogP contribution in [0.4, 0.5) is 0 Å². The number of piperazine rings is 1. The van der Waals surface area contributed by atoms with Crippen LogP contribution in [-0.2, 0) is 17.9 Å². The van der Waals surface area contributed by atoms with Crippen LogP contribution in [0.15, 0.2) is 41.0 Å². The van der Waals surface area contributed by atoms with Crippen molar-refractivity contribution in [2.24, 2.45) is 11.7 Å². The average molecular weight is 412 g/mol. The van der Waals surface area contributed by atoms with Gasteiger partial charge >= 0.3 is 0 Å². The zero-order valence-electron chi connectivity index (χ0n) is 17.2. The maximum atomic E-state index is 12.7. The summed E-state index contributed by atoms with van der Waals surface area (Å²) in [6.07, 6.45) is 2.94. The lowest BCUT2D eigenvalue weighted by atomic mass is 9.97. The number of piperidine rings is 1. The van der Waals surface area contributed by atoms with Crippen molar-refractivity contribution in [3.05, 3.63) is 53.7 Å². The molecule has 2 aliphatic rings. The summed E-state index contributed by atoms with van der Waals surface area (Å²) in [4.78, 5) is 35.0. The van der Waals surface area contributed by atoms with Gasteiger partial charge in [-0.15, -0.1) is 0 Å². The van der Waals surface area contributed by atoms with Crippen LogP contribution in [0.25, 0.3) is 0 Å². The van der Waals surface area contributed by atoms with E-state index >= 15 is 0 Å². The summed E-state index contributed by atoms with van der Waals surface area (Å²) in [5.41, 5.74) is 7.04. The zero-order chi connectivity index (χ0) is 20.9. The highest BCUT2D eigenvalue weighted by atomic mass is 16.3. The molecule has 160 valence electrons. The molecule has 0 spiro atoms. The van der Waals surface area contributed by atoms with E-state index in [1.54, 1.807) is 4.90 Å². The fourth-order valence-corrected chi connectivity index (χ4v) is 4.18. The first-order valence-electron chi connectivity index (χ1n) is 10.6. The van der Waals surface area contributed by atoms with E-state index < -0.39 is 0 Å². The lowest BCUT2D eigenvalue weighted by Gasteiger charge is -2.34. The first kappa shape index (κ1) is 20.6. The van der Waals surface area contributed by atoms with Gasteiger partial charge in [0.2, 0.25) is 11.8 Å². The Morgan fingerprint density at radius 2 is 1.73 bits per heavy atom. The van der Waals surface area contributed by atoms with E-state index in [0.29, 0.717) is 31.2 Å². The molecule has 1 atom stereocenters. The van der Waals surface area contributed by atoms with Crippen molar-refractivity contribution in [1.82, 2.24) is 19.7 Å². The van der Waals surface area contributed by atoms with Crippen molar-refractivity contribution in [2.75, 3.05) is 39.3 Å². The summed E-state index contributed by atoms with van der Waals surface area (Å²) in [5.74, 6) is -0.261. The predicted molar refractivity (Wildman–Crippen MR) is 111 cm³/mol. The molecule has 2 amide bonds. The molecular weight excluding hydrogens is 382 g/mol. The van der Waals surface area contributed by atoms with E-state index in [1.807, 2.05) is 6.07 Å². The molecule has 2 aliphatic heterocycles. The van der Waals surface area contributed by atoms with Crippen LogP contribution in [0.1, 0.15) is 34.8 Å². The lowest BCUT2D eigenvalue weighted by molar-refractivity contribution is -0.123. The highest BCUT2D eigenvalue weighted by molar-refractivity contribution is 5.92. The van der Waals surface area contributed by atoms with E-state index in [-0.39, 0.29) is 17.7 Å². The number of nitrogens with two attached hydrogens (primary N) is 1. The van der Waals surface area contributed by atoms with Gasteiger partial charge < -0.3 is 15.1 Å². The predicted octanol–water partition coefficient (Wildman–Crippen LogP) is 1.33. The topological polar surface area (TPSA) is 95.9 Å². The van der Waals surface area contributed by atoms with Crippen LogP contribution >= 0.6 is 0 Å². The van der Waals surface area contributed by atoms with Crippen molar-refractivity contribution < 1.29 is 14.0 Å². The number of aromatic nitrogens is 1. The molecule has 1 aromatic carbocycles. The molecule has 1 unspecified atom stereocenters. The smallest absolute Gasteiger partial charge is 0.275 e. The second kappa shape index (κ2) is 9.40. The fourth-order valence-electron chi connectivity index (χ4n) is 4.18. The second-order valence-corrected chi connectivity index (χ2v) is 8.16. The minimum absolute atomic E-state index is 0.191. The van der Waals surface area contributed by atoms with Gasteiger partial charge in [0, 0.05) is 45.8 Å². The summed E-state index contributed by atoms with van der Waals surface area (Å²) in [6.45, 7) is 6.39. The number of carbonyl (C=O) groups excluding carboxylic acids is 2. The maximum absolute atomic E-state index is 12.7. The van der Waals surface area contributed by atoms with Gasteiger partial charge in [-0.05, 0) is 18.4 Å². The molecule has 8 heteroatoms. The Morgan fingerprint density at radius 1 is 1.03 bits per heavy atom. The first-order chi connectivity index (χ1) is 14.6. The third-order valence-electron chi connectivity index (χ3n) is 5.95. The summed E-state index contributed by atoms with van der Waals surface area (Å²) < 4.78 is 5.57. The molecule has 2 fully saturated rings. The monoisotopic (exact) mass is 411 g/mol. The fraction of sp³-hybridized carbons (Fsp3) is 0.500. The number of rotatable bonds is 6. The number of likely N-dealkylation sites (tertiary alicyclic amines) is 1. The summed E-state index contributed by atoms with van der Waals surface area (Å²) in [7, 11) is 0. The Balaban J connectivity index is 1.27. The van der Waals surface area contributed by atoms with Crippen molar-refractivity contribution >= 4 is 11.8 Å². The van der Waals surface area contributed by atoms with E-state index in [4.69, 9.17) is 10.2 Å². The Labute approximate surface area is 176 Å². The van der Waals surface area contributed by atoms with Gasteiger partial charge in [0.1, 0.15) is 6.26 Å². The van der Waals surface area contributed by atoms with Gasteiger partial charge in [0.25, 0.3) is 5.91 Å². The van der Waals surface area contributed by atoms with E-state index in [2.05, 4.69) is 39.0 Å². The number of primary amides is 1. The summed E-state index contributed by atoms with van der Waals surface area (Å²) in [6, 6.07) is 10.5.